The molecule has 0 unspecified atom stereocenters. The van der Waals surface area contributed by atoms with Gasteiger partial charge in [0.1, 0.15) is 6.17 Å². The van der Waals surface area contributed by atoms with E-state index in [1.165, 1.54) is 13.0 Å². The number of rotatable bonds is 4. The molecule has 0 bridgehead atoms. The molecule has 0 amide bonds. The van der Waals surface area contributed by atoms with Gasteiger partial charge in [-0.1, -0.05) is 11.6 Å². The molecule has 1 aliphatic heterocycles. The van der Waals surface area contributed by atoms with Crippen molar-refractivity contribution in [2.45, 2.75) is 32.5 Å². The Bertz CT molecular complexity index is 270. The third-order valence-corrected chi connectivity index (χ3v) is 2.65. The Kier molecular flexibility index (Phi) is 5.63. The van der Waals surface area contributed by atoms with Crippen LogP contribution in [0.5, 0.6) is 0 Å². The van der Waals surface area contributed by atoms with Crippen molar-refractivity contribution in [1.29, 1.82) is 0 Å². The molecule has 0 aromatic carbocycles. The third kappa shape index (κ3) is 4.86. The fourth-order valence-electron chi connectivity index (χ4n) is 1.66. The normalized spacial score (nSPS) is 28.2. The van der Waals surface area contributed by atoms with E-state index in [0.29, 0.717) is 13.1 Å². The second-order valence-electron chi connectivity index (χ2n) is 4.26. The predicted molar refractivity (Wildman–Crippen MR) is 62.8 cm³/mol. The van der Waals surface area contributed by atoms with Crippen molar-refractivity contribution in [2.24, 2.45) is 0 Å². The van der Waals surface area contributed by atoms with E-state index in [1.807, 2.05) is 6.92 Å². The fraction of sp³-hybridized carbons (Fsp3) is 0.667. The maximum atomic E-state index is 13.4. The molecule has 1 aliphatic rings. The van der Waals surface area contributed by atoms with Gasteiger partial charge < -0.3 is 10.6 Å². The molecule has 0 aromatic rings. The first-order valence-corrected chi connectivity index (χ1v) is 5.67. The van der Waals surface area contributed by atoms with Gasteiger partial charge in [0.2, 0.25) is 0 Å². The summed E-state index contributed by atoms with van der Waals surface area (Å²) in [5, 5.41) is 6.16. The number of hydrogen-bond acceptors (Lipinski definition) is 2. The number of hydrogen-bond donors (Lipinski definition) is 2. The number of piperidine rings is 1. The highest BCUT2D eigenvalue weighted by molar-refractivity contribution is 5.13. The van der Waals surface area contributed by atoms with Crippen LogP contribution in [0.3, 0.4) is 0 Å². The summed E-state index contributed by atoms with van der Waals surface area (Å²) in [7, 11) is 0. The van der Waals surface area contributed by atoms with Crippen molar-refractivity contribution in [3.05, 3.63) is 23.6 Å². The number of halogens is 2. The lowest BCUT2D eigenvalue weighted by atomic mass is 10.0. The highest BCUT2D eigenvalue weighted by Crippen LogP contribution is 2.08. The third-order valence-electron chi connectivity index (χ3n) is 2.65. The monoisotopic (exact) mass is 230 g/mol. The summed E-state index contributed by atoms with van der Waals surface area (Å²) in [4.78, 5) is 0. The molecule has 1 fully saturated rings. The zero-order chi connectivity index (χ0) is 12.0. The zero-order valence-corrected chi connectivity index (χ0v) is 9.89. The van der Waals surface area contributed by atoms with Crippen LogP contribution in [0, 0.1) is 0 Å². The van der Waals surface area contributed by atoms with Crippen molar-refractivity contribution in [3.8, 4) is 0 Å². The van der Waals surface area contributed by atoms with E-state index >= 15 is 0 Å². The number of alkyl halides is 1. The molecule has 0 spiro atoms. The molecular formula is C12H20F2N2. The first kappa shape index (κ1) is 13.3. The Balaban J connectivity index is 2.33. The lowest BCUT2D eigenvalue weighted by Gasteiger charge is -2.27. The van der Waals surface area contributed by atoms with E-state index in [2.05, 4.69) is 10.6 Å². The van der Waals surface area contributed by atoms with E-state index in [4.69, 9.17) is 0 Å². The topological polar surface area (TPSA) is 24.1 Å². The van der Waals surface area contributed by atoms with Crippen molar-refractivity contribution in [3.63, 3.8) is 0 Å². The van der Waals surface area contributed by atoms with Crippen LogP contribution in [0.25, 0.3) is 0 Å². The second-order valence-corrected chi connectivity index (χ2v) is 4.26. The molecule has 2 nitrogen and oxygen atoms in total. The predicted octanol–water partition coefficient (Wildman–Crippen LogP) is 2.10. The lowest BCUT2D eigenvalue weighted by Crippen LogP contribution is -2.49. The van der Waals surface area contributed by atoms with Gasteiger partial charge in [-0.05, 0) is 32.9 Å². The van der Waals surface area contributed by atoms with Gasteiger partial charge >= 0.3 is 0 Å². The average molecular weight is 230 g/mol. The van der Waals surface area contributed by atoms with Gasteiger partial charge in [0.05, 0.1) is 5.83 Å². The average Bonchev–Trinajstić information content (AvgIpc) is 2.25. The Morgan fingerprint density at radius 3 is 2.81 bits per heavy atom. The largest absolute Gasteiger partial charge is 0.314 e. The Hall–Kier alpha value is -0.740. The van der Waals surface area contributed by atoms with Gasteiger partial charge in [-0.15, -0.1) is 0 Å². The summed E-state index contributed by atoms with van der Waals surface area (Å²) >= 11 is 0. The first-order valence-electron chi connectivity index (χ1n) is 5.67. The SMILES string of the molecule is C/C(F)=C\C=C(/C)CN[C@H]1CCNC[C@H]1F. The maximum absolute atomic E-state index is 13.4. The summed E-state index contributed by atoms with van der Waals surface area (Å²) in [5.74, 6) is -0.218. The molecule has 0 radical (unpaired) electrons. The van der Waals surface area contributed by atoms with Crippen LogP contribution in [-0.2, 0) is 0 Å². The smallest absolute Gasteiger partial charge is 0.128 e. The first-order chi connectivity index (χ1) is 7.59. The van der Waals surface area contributed by atoms with Gasteiger partial charge in [0.25, 0.3) is 0 Å². The van der Waals surface area contributed by atoms with Crippen LogP contribution < -0.4 is 10.6 Å². The minimum atomic E-state index is -0.833. The zero-order valence-electron chi connectivity index (χ0n) is 9.89. The van der Waals surface area contributed by atoms with Gasteiger partial charge in [-0.25, -0.2) is 8.78 Å². The van der Waals surface area contributed by atoms with Gasteiger partial charge in [-0.3, -0.25) is 0 Å². The second kappa shape index (κ2) is 6.76. The standard InChI is InChI=1S/C12H20F2N2/c1-9(3-4-10(2)13)7-16-12-5-6-15-8-11(12)14/h3-4,11-12,15-16H,5-8H2,1-2H3/b9-3+,10-4+/t11-,12+/m1/s1. The minimum absolute atomic E-state index is 0.0833. The van der Waals surface area contributed by atoms with Crippen LogP contribution >= 0.6 is 0 Å². The molecular weight excluding hydrogens is 210 g/mol. The molecule has 1 saturated heterocycles. The molecule has 2 atom stereocenters. The fourth-order valence-corrected chi connectivity index (χ4v) is 1.66. The summed E-state index contributed by atoms with van der Waals surface area (Å²) in [6.07, 6.45) is 3.11. The van der Waals surface area contributed by atoms with E-state index in [-0.39, 0.29) is 11.9 Å². The highest BCUT2D eigenvalue weighted by atomic mass is 19.1. The molecule has 16 heavy (non-hydrogen) atoms. The Morgan fingerprint density at radius 2 is 2.19 bits per heavy atom. The summed E-state index contributed by atoms with van der Waals surface area (Å²) in [5.41, 5.74) is 1.00. The van der Waals surface area contributed by atoms with Crippen molar-refractivity contribution < 1.29 is 8.78 Å². The summed E-state index contributed by atoms with van der Waals surface area (Å²) < 4.78 is 25.8. The Labute approximate surface area is 95.8 Å². The molecule has 1 heterocycles. The summed E-state index contributed by atoms with van der Waals surface area (Å²) in [6.45, 7) is 5.19. The quantitative estimate of drug-likeness (QED) is 0.723. The van der Waals surface area contributed by atoms with Crippen LogP contribution in [-0.4, -0.2) is 31.8 Å². The number of nitrogens with one attached hydrogen (secondary N) is 2. The molecule has 0 aliphatic carbocycles. The molecule has 4 heteroatoms. The van der Waals surface area contributed by atoms with E-state index < -0.39 is 6.17 Å². The van der Waals surface area contributed by atoms with Gasteiger partial charge in [0.15, 0.2) is 0 Å². The van der Waals surface area contributed by atoms with Crippen LogP contribution in [0.4, 0.5) is 8.78 Å². The molecule has 1 rings (SSSR count). The van der Waals surface area contributed by atoms with Crippen LogP contribution in [0.2, 0.25) is 0 Å². The molecule has 92 valence electrons. The van der Waals surface area contributed by atoms with Crippen molar-refractivity contribution in [1.82, 2.24) is 10.6 Å². The van der Waals surface area contributed by atoms with E-state index in [9.17, 15) is 8.78 Å². The van der Waals surface area contributed by atoms with Crippen LogP contribution in [0.1, 0.15) is 20.3 Å². The molecule has 0 aromatic heterocycles. The Morgan fingerprint density at radius 1 is 1.44 bits per heavy atom. The minimum Gasteiger partial charge on any atom is -0.314 e. The summed E-state index contributed by atoms with van der Waals surface area (Å²) in [6, 6.07) is -0.0833. The van der Waals surface area contributed by atoms with Crippen molar-refractivity contribution in [2.75, 3.05) is 19.6 Å². The van der Waals surface area contributed by atoms with E-state index in [1.54, 1.807) is 6.08 Å². The molecule has 2 N–H and O–H groups in total. The van der Waals surface area contributed by atoms with E-state index in [0.717, 1.165) is 18.5 Å². The van der Waals surface area contributed by atoms with Crippen LogP contribution in [0.15, 0.2) is 23.6 Å². The van der Waals surface area contributed by atoms with Gasteiger partial charge in [0, 0.05) is 19.1 Å². The highest BCUT2D eigenvalue weighted by Gasteiger charge is 2.23. The lowest BCUT2D eigenvalue weighted by molar-refractivity contribution is 0.206. The van der Waals surface area contributed by atoms with Crippen molar-refractivity contribution >= 4 is 0 Å². The van der Waals surface area contributed by atoms with Gasteiger partial charge in [-0.2, -0.15) is 0 Å². The number of allylic oxidation sites excluding steroid dienone is 3. The maximum Gasteiger partial charge on any atom is 0.128 e. The molecule has 0 saturated carbocycles.